The maximum Gasteiger partial charge on any atom is 0.163 e. The summed E-state index contributed by atoms with van der Waals surface area (Å²) < 4.78 is 0. The van der Waals surface area contributed by atoms with Crippen molar-refractivity contribution >= 4 is 11.5 Å². The van der Waals surface area contributed by atoms with E-state index in [9.17, 15) is 15.0 Å². The number of benzene rings is 2. The summed E-state index contributed by atoms with van der Waals surface area (Å²) in [6.07, 6.45) is 3.83. The topological polar surface area (TPSA) is 82.8 Å². The molecule has 3 unspecified atom stereocenters. The van der Waals surface area contributed by atoms with Gasteiger partial charge in [0.05, 0.1) is 17.9 Å². The Balaban J connectivity index is 1.31. The Bertz CT molecular complexity index is 1240. The largest absolute Gasteiger partial charge is 0.387 e. The quantitative estimate of drug-likeness (QED) is 0.515. The molecular weight excluding hydrogens is 424 g/mol. The number of aryl methyl sites for hydroxylation is 1. The molecule has 2 heterocycles. The molecule has 2 aromatic carbocycles. The summed E-state index contributed by atoms with van der Waals surface area (Å²) in [5.41, 5.74) is 5.18. The third kappa shape index (κ3) is 4.46. The summed E-state index contributed by atoms with van der Waals surface area (Å²) in [4.78, 5) is 22.3. The minimum Gasteiger partial charge on any atom is -0.387 e. The summed E-state index contributed by atoms with van der Waals surface area (Å²) in [5.74, 6) is 0.109. The van der Waals surface area contributed by atoms with Crippen molar-refractivity contribution in [3.05, 3.63) is 100 Å². The molecule has 1 aliphatic heterocycles. The van der Waals surface area contributed by atoms with Gasteiger partial charge in [0.15, 0.2) is 5.78 Å². The van der Waals surface area contributed by atoms with E-state index in [1.807, 2.05) is 67.6 Å². The molecule has 1 aliphatic carbocycles. The van der Waals surface area contributed by atoms with Crippen LogP contribution >= 0.6 is 0 Å². The Morgan fingerprint density at radius 1 is 1.15 bits per heavy atom. The van der Waals surface area contributed by atoms with Crippen LogP contribution in [0.1, 0.15) is 76.5 Å². The smallest absolute Gasteiger partial charge is 0.163 e. The van der Waals surface area contributed by atoms with Gasteiger partial charge in [-0.2, -0.15) is 0 Å². The third-order valence-corrected chi connectivity index (χ3v) is 7.23. The van der Waals surface area contributed by atoms with Crippen molar-refractivity contribution < 1.29 is 15.0 Å². The molecule has 5 nitrogen and oxygen atoms in total. The van der Waals surface area contributed by atoms with Gasteiger partial charge in [-0.3, -0.25) is 14.8 Å². The van der Waals surface area contributed by atoms with Crippen LogP contribution < -0.4 is 0 Å². The van der Waals surface area contributed by atoms with E-state index in [2.05, 4.69) is 4.98 Å². The van der Waals surface area contributed by atoms with Crippen molar-refractivity contribution in [2.75, 3.05) is 0 Å². The number of ketones is 1. The molecule has 174 valence electrons. The highest BCUT2D eigenvalue weighted by atomic mass is 16.3. The number of carbonyl (C=O) groups excluding carboxylic acids is 1. The number of carbonyl (C=O) groups is 1. The van der Waals surface area contributed by atoms with Gasteiger partial charge in [-0.1, -0.05) is 48.9 Å². The van der Waals surface area contributed by atoms with Gasteiger partial charge < -0.3 is 10.2 Å². The first-order chi connectivity index (χ1) is 16.4. The van der Waals surface area contributed by atoms with Gasteiger partial charge in [0, 0.05) is 35.0 Å². The molecule has 0 spiro atoms. The predicted octanol–water partition coefficient (Wildman–Crippen LogP) is 4.97. The summed E-state index contributed by atoms with van der Waals surface area (Å²) in [5, 5.41) is 22.2. The SMILES string of the molecule is Cc1cc(C2=NCc3ccc(C(=O)CC4CCCC(O)(C(O)c5ccccc5)C4)cc32)ccn1. The molecule has 2 aliphatic rings. The van der Waals surface area contributed by atoms with Gasteiger partial charge in [-0.15, -0.1) is 0 Å². The fourth-order valence-corrected chi connectivity index (χ4v) is 5.45. The van der Waals surface area contributed by atoms with Gasteiger partial charge >= 0.3 is 0 Å². The average molecular weight is 455 g/mol. The van der Waals surface area contributed by atoms with E-state index >= 15 is 0 Å². The average Bonchev–Trinajstić information content (AvgIpc) is 3.27. The molecule has 1 fully saturated rings. The van der Waals surface area contributed by atoms with E-state index in [0.29, 0.717) is 36.9 Å². The van der Waals surface area contributed by atoms with Gasteiger partial charge in [-0.25, -0.2) is 0 Å². The Hall–Kier alpha value is -3.15. The molecule has 1 aromatic heterocycles. The Morgan fingerprint density at radius 3 is 2.76 bits per heavy atom. The van der Waals surface area contributed by atoms with E-state index in [4.69, 9.17) is 4.99 Å². The van der Waals surface area contributed by atoms with E-state index in [-0.39, 0.29) is 11.7 Å². The first-order valence-corrected chi connectivity index (χ1v) is 12.0. The number of pyridine rings is 1. The van der Waals surface area contributed by atoms with Crippen molar-refractivity contribution in [1.82, 2.24) is 4.98 Å². The molecular formula is C29H30N2O3. The zero-order chi connectivity index (χ0) is 23.7. The monoisotopic (exact) mass is 454 g/mol. The van der Waals surface area contributed by atoms with Crippen LogP contribution in [0, 0.1) is 12.8 Å². The summed E-state index contributed by atoms with van der Waals surface area (Å²) >= 11 is 0. The second-order valence-electron chi connectivity index (χ2n) is 9.73. The number of hydrogen-bond donors (Lipinski definition) is 2. The van der Waals surface area contributed by atoms with Gasteiger partial charge in [0.2, 0.25) is 0 Å². The molecule has 0 amide bonds. The molecule has 0 radical (unpaired) electrons. The Kier molecular flexibility index (Phi) is 6.15. The number of aliphatic hydroxyl groups excluding tert-OH is 1. The molecule has 34 heavy (non-hydrogen) atoms. The maximum absolute atomic E-state index is 13.3. The number of aliphatic imine (C=N–C) groups is 1. The van der Waals surface area contributed by atoms with E-state index in [0.717, 1.165) is 40.9 Å². The van der Waals surface area contributed by atoms with E-state index in [1.54, 1.807) is 6.20 Å². The number of aromatic nitrogens is 1. The van der Waals surface area contributed by atoms with Crippen molar-refractivity contribution in [3.8, 4) is 0 Å². The number of fused-ring (bicyclic) bond motifs is 1. The molecule has 5 heteroatoms. The fraction of sp³-hybridized carbons (Fsp3) is 0.345. The lowest BCUT2D eigenvalue weighted by atomic mass is 9.72. The van der Waals surface area contributed by atoms with Crippen molar-refractivity contribution in [2.24, 2.45) is 10.9 Å². The standard InChI is InChI=1S/C29H30N2O3/c1-19-14-23(11-13-30-19)27-25-16-22(9-10-24(25)18-31-27)26(32)15-20-6-5-12-29(34,17-20)28(33)21-7-3-2-4-8-21/h2-4,7-11,13-14,16,20,28,33-34H,5-6,12,15,17-18H2,1H3. The highest BCUT2D eigenvalue weighted by molar-refractivity contribution is 6.16. The number of nitrogens with zero attached hydrogens (tertiary/aromatic N) is 2. The number of aliphatic hydroxyl groups is 2. The van der Waals surface area contributed by atoms with Gasteiger partial charge in [-0.05, 0) is 61.4 Å². The van der Waals surface area contributed by atoms with Crippen LogP contribution in [-0.4, -0.2) is 32.3 Å². The normalized spacial score (nSPS) is 22.7. The number of Topliss-reactive ketones (excluding diaryl/α,β-unsaturated/α-hetero) is 1. The maximum atomic E-state index is 13.3. The number of hydrogen-bond acceptors (Lipinski definition) is 5. The van der Waals surface area contributed by atoms with E-state index < -0.39 is 11.7 Å². The van der Waals surface area contributed by atoms with Crippen LogP contribution in [0.25, 0.3) is 0 Å². The first-order valence-electron chi connectivity index (χ1n) is 12.0. The highest BCUT2D eigenvalue weighted by Gasteiger charge is 2.41. The van der Waals surface area contributed by atoms with Crippen LogP contribution in [0.3, 0.4) is 0 Å². The second kappa shape index (κ2) is 9.24. The Labute approximate surface area is 200 Å². The molecule has 1 saturated carbocycles. The lowest BCUT2D eigenvalue weighted by Crippen LogP contribution is -2.41. The second-order valence-corrected chi connectivity index (χ2v) is 9.73. The molecule has 3 atom stereocenters. The van der Waals surface area contributed by atoms with Crippen molar-refractivity contribution in [1.29, 1.82) is 0 Å². The van der Waals surface area contributed by atoms with Crippen LogP contribution in [0.2, 0.25) is 0 Å². The summed E-state index contributed by atoms with van der Waals surface area (Å²) in [6.45, 7) is 2.58. The molecule has 0 bridgehead atoms. The minimum absolute atomic E-state index is 0.0360. The lowest BCUT2D eigenvalue weighted by Gasteiger charge is -2.40. The first kappa shape index (κ1) is 22.6. The predicted molar refractivity (Wildman–Crippen MR) is 132 cm³/mol. The minimum atomic E-state index is -1.21. The van der Waals surface area contributed by atoms with Crippen LogP contribution in [0.15, 0.2) is 71.9 Å². The highest BCUT2D eigenvalue weighted by Crippen LogP contribution is 2.42. The lowest BCUT2D eigenvalue weighted by molar-refractivity contribution is -0.111. The fourth-order valence-electron chi connectivity index (χ4n) is 5.45. The molecule has 3 aromatic rings. The zero-order valence-electron chi connectivity index (χ0n) is 19.4. The van der Waals surface area contributed by atoms with Gasteiger partial charge in [0.1, 0.15) is 6.10 Å². The van der Waals surface area contributed by atoms with Crippen molar-refractivity contribution in [3.63, 3.8) is 0 Å². The van der Waals surface area contributed by atoms with E-state index in [1.165, 1.54) is 0 Å². The zero-order valence-corrected chi connectivity index (χ0v) is 19.4. The molecule has 0 saturated heterocycles. The summed E-state index contributed by atoms with van der Waals surface area (Å²) in [7, 11) is 0. The molecule has 2 N–H and O–H groups in total. The van der Waals surface area contributed by atoms with Crippen molar-refractivity contribution in [2.45, 2.75) is 57.3 Å². The third-order valence-electron chi connectivity index (χ3n) is 7.23. The molecule has 5 rings (SSSR count). The van der Waals surface area contributed by atoms with Gasteiger partial charge in [0.25, 0.3) is 0 Å². The van der Waals surface area contributed by atoms with Crippen LogP contribution in [0.4, 0.5) is 0 Å². The number of rotatable bonds is 6. The summed E-state index contributed by atoms with van der Waals surface area (Å²) in [6, 6.07) is 19.1. The Morgan fingerprint density at radius 2 is 1.97 bits per heavy atom. The van der Waals surface area contributed by atoms with Crippen LogP contribution in [-0.2, 0) is 6.54 Å². The van der Waals surface area contributed by atoms with Crippen LogP contribution in [0.5, 0.6) is 0 Å².